The van der Waals surface area contributed by atoms with E-state index >= 15 is 0 Å². The zero-order valence-electron chi connectivity index (χ0n) is 6.09. The molecule has 1 N–H and O–H groups in total. The predicted molar refractivity (Wildman–Crippen MR) is 41.8 cm³/mol. The summed E-state index contributed by atoms with van der Waals surface area (Å²) in [6, 6.07) is 10.6. The van der Waals surface area contributed by atoms with Gasteiger partial charge in [-0.15, -0.1) is 0 Å². The molecule has 1 saturated heterocycles. The van der Waals surface area contributed by atoms with Gasteiger partial charge in [0.15, 0.2) is 0 Å². The Labute approximate surface area is 61.1 Å². The van der Waals surface area contributed by atoms with Crippen molar-refractivity contribution in [2.75, 3.05) is 6.54 Å². The zero-order valence-corrected chi connectivity index (χ0v) is 6.09. The molecule has 10 heavy (non-hydrogen) atoms. The van der Waals surface area contributed by atoms with E-state index in [1.165, 1.54) is 5.56 Å². The van der Waals surface area contributed by atoms with Crippen molar-refractivity contribution >= 4 is 0 Å². The smallest absolute Gasteiger partial charge is 0.0533 e. The lowest BCUT2D eigenvalue weighted by Gasteiger charge is -2.04. The summed E-state index contributed by atoms with van der Waals surface area (Å²) < 4.78 is 0. The second-order valence-electron chi connectivity index (χ2n) is 3.05. The van der Waals surface area contributed by atoms with Crippen LogP contribution in [0.2, 0.25) is 0 Å². The first-order chi connectivity index (χ1) is 4.81. The Bertz CT molecular complexity index is 224. The van der Waals surface area contributed by atoms with Crippen LogP contribution < -0.4 is 5.32 Å². The van der Waals surface area contributed by atoms with Crippen LogP contribution in [0.3, 0.4) is 0 Å². The third-order valence-corrected chi connectivity index (χ3v) is 2.12. The fraction of sp³-hybridized carbons (Fsp3) is 0.333. The van der Waals surface area contributed by atoms with Crippen LogP contribution in [0.1, 0.15) is 12.5 Å². The molecule has 1 heteroatoms. The van der Waals surface area contributed by atoms with E-state index in [1.807, 2.05) is 0 Å². The Morgan fingerprint density at radius 3 is 2.40 bits per heavy atom. The van der Waals surface area contributed by atoms with Gasteiger partial charge in [-0.1, -0.05) is 30.3 Å². The number of hydrogen-bond donors (Lipinski definition) is 1. The first kappa shape index (κ1) is 5.93. The van der Waals surface area contributed by atoms with Crippen molar-refractivity contribution in [3.8, 4) is 0 Å². The zero-order chi connectivity index (χ0) is 7.03. The molecule has 1 heterocycles. The van der Waals surface area contributed by atoms with Crippen molar-refractivity contribution in [1.29, 1.82) is 0 Å². The summed E-state index contributed by atoms with van der Waals surface area (Å²) >= 11 is 0. The SMILES string of the molecule is C[C@@]1(c2ccccc2)CN1. The van der Waals surface area contributed by atoms with Gasteiger partial charge in [-0.25, -0.2) is 0 Å². The molecule has 0 unspecified atom stereocenters. The third-order valence-electron chi connectivity index (χ3n) is 2.12. The van der Waals surface area contributed by atoms with Crippen LogP contribution in [-0.4, -0.2) is 6.54 Å². The van der Waals surface area contributed by atoms with Gasteiger partial charge in [-0.05, 0) is 12.5 Å². The second-order valence-corrected chi connectivity index (χ2v) is 3.05. The Hall–Kier alpha value is -0.820. The highest BCUT2D eigenvalue weighted by atomic mass is 15.1. The van der Waals surface area contributed by atoms with Crippen molar-refractivity contribution in [2.45, 2.75) is 12.5 Å². The molecule has 1 atom stereocenters. The van der Waals surface area contributed by atoms with E-state index < -0.39 is 0 Å². The van der Waals surface area contributed by atoms with Gasteiger partial charge in [-0.2, -0.15) is 0 Å². The van der Waals surface area contributed by atoms with Gasteiger partial charge in [0, 0.05) is 6.54 Å². The molecule has 0 saturated carbocycles. The molecule has 1 aliphatic rings. The molecule has 0 amide bonds. The van der Waals surface area contributed by atoms with Gasteiger partial charge in [0.05, 0.1) is 5.54 Å². The lowest BCUT2D eigenvalue weighted by atomic mass is 10.0. The van der Waals surface area contributed by atoms with Gasteiger partial charge in [0.25, 0.3) is 0 Å². The van der Waals surface area contributed by atoms with Crippen LogP contribution in [0.15, 0.2) is 30.3 Å². The fourth-order valence-electron chi connectivity index (χ4n) is 1.14. The quantitative estimate of drug-likeness (QED) is 0.576. The molecular weight excluding hydrogens is 122 g/mol. The Balaban J connectivity index is 2.35. The van der Waals surface area contributed by atoms with Crippen molar-refractivity contribution in [3.05, 3.63) is 35.9 Å². The van der Waals surface area contributed by atoms with Crippen molar-refractivity contribution in [1.82, 2.24) is 5.32 Å². The van der Waals surface area contributed by atoms with Crippen LogP contribution in [0, 0.1) is 0 Å². The molecule has 1 aromatic carbocycles. The number of rotatable bonds is 1. The predicted octanol–water partition coefficient (Wildman–Crippen LogP) is 1.50. The maximum atomic E-state index is 3.33. The summed E-state index contributed by atoms with van der Waals surface area (Å²) in [5, 5.41) is 3.33. The molecule has 0 bridgehead atoms. The first-order valence-corrected chi connectivity index (χ1v) is 3.62. The van der Waals surface area contributed by atoms with E-state index in [4.69, 9.17) is 0 Å². The summed E-state index contributed by atoms with van der Waals surface area (Å²) in [7, 11) is 0. The summed E-state index contributed by atoms with van der Waals surface area (Å²) in [6.07, 6.45) is 0. The molecule has 0 aliphatic carbocycles. The summed E-state index contributed by atoms with van der Waals surface area (Å²) in [4.78, 5) is 0. The van der Waals surface area contributed by atoms with E-state index in [9.17, 15) is 0 Å². The van der Waals surface area contributed by atoms with E-state index in [1.54, 1.807) is 0 Å². The van der Waals surface area contributed by atoms with Gasteiger partial charge in [0.2, 0.25) is 0 Å². The minimum Gasteiger partial charge on any atom is -0.304 e. The molecule has 0 spiro atoms. The van der Waals surface area contributed by atoms with Crippen LogP contribution in [0.5, 0.6) is 0 Å². The average Bonchev–Trinajstić information content (AvgIpc) is 2.72. The van der Waals surface area contributed by atoms with E-state index in [2.05, 4.69) is 42.6 Å². The molecule has 0 aromatic heterocycles. The molecule has 2 rings (SSSR count). The highest BCUT2D eigenvalue weighted by molar-refractivity contribution is 5.29. The maximum absolute atomic E-state index is 3.33. The van der Waals surface area contributed by atoms with Gasteiger partial charge < -0.3 is 5.32 Å². The molecular formula is C9H11N. The number of nitrogens with one attached hydrogen (secondary N) is 1. The maximum Gasteiger partial charge on any atom is 0.0533 e. The molecule has 1 aromatic rings. The van der Waals surface area contributed by atoms with Crippen LogP contribution in [0.4, 0.5) is 0 Å². The lowest BCUT2D eigenvalue weighted by molar-refractivity contribution is 0.764. The number of hydrogen-bond acceptors (Lipinski definition) is 1. The molecule has 1 aliphatic heterocycles. The summed E-state index contributed by atoms with van der Waals surface area (Å²) in [6.45, 7) is 3.35. The van der Waals surface area contributed by atoms with Crippen molar-refractivity contribution < 1.29 is 0 Å². The highest BCUT2D eigenvalue weighted by Crippen LogP contribution is 2.28. The minimum absolute atomic E-state index is 0.293. The molecule has 0 radical (unpaired) electrons. The van der Waals surface area contributed by atoms with E-state index in [0.29, 0.717) is 5.54 Å². The highest BCUT2D eigenvalue weighted by Gasteiger charge is 2.37. The van der Waals surface area contributed by atoms with Crippen LogP contribution in [0.25, 0.3) is 0 Å². The molecule has 1 nitrogen and oxygen atoms in total. The largest absolute Gasteiger partial charge is 0.304 e. The molecule has 1 fully saturated rings. The Kier molecular flexibility index (Phi) is 1.08. The van der Waals surface area contributed by atoms with E-state index in [0.717, 1.165) is 6.54 Å². The van der Waals surface area contributed by atoms with Gasteiger partial charge in [-0.3, -0.25) is 0 Å². The average molecular weight is 133 g/mol. The van der Waals surface area contributed by atoms with Gasteiger partial charge in [0.1, 0.15) is 0 Å². The standard InChI is InChI=1S/C9H11N/c1-9(7-10-9)8-5-3-2-4-6-8/h2-6,10H,7H2,1H3/t9-/m0/s1. The minimum atomic E-state index is 0.293. The molecule has 52 valence electrons. The summed E-state index contributed by atoms with van der Waals surface area (Å²) in [5.74, 6) is 0. The Morgan fingerprint density at radius 2 is 1.90 bits per heavy atom. The van der Waals surface area contributed by atoms with Gasteiger partial charge >= 0.3 is 0 Å². The van der Waals surface area contributed by atoms with E-state index in [-0.39, 0.29) is 0 Å². The lowest BCUT2D eigenvalue weighted by Crippen LogP contribution is -2.05. The normalized spacial score (nSPS) is 30.1. The summed E-state index contributed by atoms with van der Waals surface area (Å²) in [5.41, 5.74) is 1.69. The fourth-order valence-corrected chi connectivity index (χ4v) is 1.14. The van der Waals surface area contributed by atoms with Crippen LogP contribution in [-0.2, 0) is 5.54 Å². The third kappa shape index (κ3) is 0.830. The van der Waals surface area contributed by atoms with Crippen LogP contribution >= 0.6 is 0 Å². The monoisotopic (exact) mass is 133 g/mol. The first-order valence-electron chi connectivity index (χ1n) is 3.62. The van der Waals surface area contributed by atoms with Crippen molar-refractivity contribution in [2.24, 2.45) is 0 Å². The Morgan fingerprint density at radius 1 is 1.30 bits per heavy atom. The second kappa shape index (κ2) is 1.83. The van der Waals surface area contributed by atoms with Crippen molar-refractivity contribution in [3.63, 3.8) is 0 Å². The number of benzene rings is 1. The topological polar surface area (TPSA) is 21.9 Å².